The maximum Gasteiger partial charge on any atom is 0.137 e. The number of nitrogens with zero attached hydrogens (tertiary/aromatic N) is 2. The molecule has 0 radical (unpaired) electrons. The Hall–Kier alpha value is -1.13. The molecule has 0 fully saturated rings. The molecule has 1 heterocycles. The highest BCUT2D eigenvalue weighted by Gasteiger charge is 2.11. The summed E-state index contributed by atoms with van der Waals surface area (Å²) in [6.07, 6.45) is 0. The van der Waals surface area contributed by atoms with Crippen molar-refractivity contribution in [1.29, 1.82) is 0 Å². The van der Waals surface area contributed by atoms with Crippen LogP contribution in [0.5, 0.6) is 0 Å². The number of aromatic nitrogens is 2. The van der Waals surface area contributed by atoms with Crippen LogP contribution in [0, 0.1) is 5.82 Å². The smallest absolute Gasteiger partial charge is 0.137 e. The lowest BCUT2D eigenvalue weighted by atomic mass is 10.2. The van der Waals surface area contributed by atoms with E-state index >= 15 is 0 Å². The molecular formula is C9H9ClFN3. The molecular weight excluding hydrogens is 205 g/mol. The average molecular weight is 214 g/mol. The summed E-state index contributed by atoms with van der Waals surface area (Å²) in [4.78, 5) is 0. The fraction of sp³-hybridized carbons (Fsp3) is 0.222. The minimum atomic E-state index is -0.351. The predicted molar refractivity (Wildman–Crippen MR) is 53.8 cm³/mol. The van der Waals surface area contributed by atoms with Gasteiger partial charge >= 0.3 is 0 Å². The number of fused-ring (bicyclic) bond motifs is 1. The molecule has 0 aliphatic heterocycles. The van der Waals surface area contributed by atoms with E-state index in [1.54, 1.807) is 12.1 Å². The molecule has 0 bridgehead atoms. The van der Waals surface area contributed by atoms with Crippen molar-refractivity contribution in [2.24, 2.45) is 5.73 Å². The van der Waals surface area contributed by atoms with Gasteiger partial charge in [0.05, 0.1) is 17.4 Å². The monoisotopic (exact) mass is 213 g/mol. The fourth-order valence-electron chi connectivity index (χ4n) is 1.37. The van der Waals surface area contributed by atoms with Gasteiger partial charge in [0.15, 0.2) is 0 Å². The van der Waals surface area contributed by atoms with Crippen molar-refractivity contribution in [3.8, 4) is 0 Å². The normalized spacial score (nSPS) is 11.1. The summed E-state index contributed by atoms with van der Waals surface area (Å²) in [5.74, 6) is -0.351. The minimum Gasteiger partial charge on any atom is -0.329 e. The van der Waals surface area contributed by atoms with Gasteiger partial charge in [-0.15, -0.1) is 0 Å². The van der Waals surface area contributed by atoms with Crippen LogP contribution in [0.4, 0.5) is 4.39 Å². The second-order valence-electron chi connectivity index (χ2n) is 2.94. The summed E-state index contributed by atoms with van der Waals surface area (Å²) in [6, 6.07) is 4.69. The van der Waals surface area contributed by atoms with E-state index < -0.39 is 0 Å². The Morgan fingerprint density at radius 2 is 2.29 bits per heavy atom. The molecule has 0 unspecified atom stereocenters. The van der Waals surface area contributed by atoms with Crippen molar-refractivity contribution in [3.63, 3.8) is 0 Å². The van der Waals surface area contributed by atoms with Gasteiger partial charge in [-0.05, 0) is 12.1 Å². The maximum absolute atomic E-state index is 13.3. The van der Waals surface area contributed by atoms with Crippen LogP contribution in [0.25, 0.3) is 10.9 Å². The van der Waals surface area contributed by atoms with Crippen molar-refractivity contribution < 1.29 is 4.39 Å². The molecule has 2 rings (SSSR count). The Kier molecular flexibility index (Phi) is 2.39. The molecule has 0 spiro atoms. The molecule has 14 heavy (non-hydrogen) atoms. The average Bonchev–Trinajstić information content (AvgIpc) is 2.46. The van der Waals surface area contributed by atoms with Gasteiger partial charge in [-0.2, -0.15) is 5.10 Å². The third kappa shape index (κ3) is 1.36. The summed E-state index contributed by atoms with van der Waals surface area (Å²) in [6.45, 7) is 0.919. The molecule has 0 aliphatic carbocycles. The number of benzene rings is 1. The topological polar surface area (TPSA) is 43.8 Å². The lowest BCUT2D eigenvalue weighted by Crippen LogP contribution is -2.10. The summed E-state index contributed by atoms with van der Waals surface area (Å²) < 4.78 is 14.8. The zero-order valence-electron chi connectivity index (χ0n) is 7.37. The molecule has 74 valence electrons. The minimum absolute atomic E-state index is 0.309. The van der Waals surface area contributed by atoms with Crippen molar-refractivity contribution in [1.82, 2.24) is 9.78 Å². The van der Waals surface area contributed by atoms with Crippen molar-refractivity contribution in [3.05, 3.63) is 29.2 Å². The molecule has 0 saturated heterocycles. The molecule has 1 aromatic carbocycles. The van der Waals surface area contributed by atoms with Crippen LogP contribution in [0.1, 0.15) is 0 Å². The SMILES string of the molecule is NCCn1nc2cccc(F)c2c1Cl. The first-order valence-corrected chi connectivity index (χ1v) is 4.62. The van der Waals surface area contributed by atoms with Gasteiger partial charge < -0.3 is 5.73 Å². The molecule has 1 aromatic heterocycles. The third-order valence-corrected chi connectivity index (χ3v) is 2.38. The van der Waals surface area contributed by atoms with Gasteiger partial charge in [-0.3, -0.25) is 4.68 Å². The van der Waals surface area contributed by atoms with Gasteiger partial charge in [0.1, 0.15) is 11.0 Å². The largest absolute Gasteiger partial charge is 0.329 e. The lowest BCUT2D eigenvalue weighted by Gasteiger charge is -1.97. The van der Waals surface area contributed by atoms with Crippen molar-refractivity contribution in [2.75, 3.05) is 6.54 Å². The Balaban J connectivity index is 2.68. The second kappa shape index (κ2) is 3.55. The van der Waals surface area contributed by atoms with E-state index in [4.69, 9.17) is 17.3 Å². The predicted octanol–water partition coefficient (Wildman–Crippen LogP) is 1.79. The summed E-state index contributed by atoms with van der Waals surface area (Å²) in [7, 11) is 0. The highest BCUT2D eigenvalue weighted by Crippen LogP contribution is 2.25. The van der Waals surface area contributed by atoms with Crippen LogP contribution in [-0.4, -0.2) is 16.3 Å². The van der Waals surface area contributed by atoms with E-state index in [2.05, 4.69) is 5.10 Å². The molecule has 0 aliphatic rings. The van der Waals surface area contributed by atoms with Crippen LogP contribution < -0.4 is 5.73 Å². The third-order valence-electron chi connectivity index (χ3n) is 1.99. The number of hydrogen-bond donors (Lipinski definition) is 1. The Bertz CT molecular complexity index is 466. The first kappa shape index (κ1) is 9.43. The van der Waals surface area contributed by atoms with Crippen LogP contribution in [-0.2, 0) is 6.54 Å². The van der Waals surface area contributed by atoms with Gasteiger partial charge in [-0.25, -0.2) is 4.39 Å². The quantitative estimate of drug-likeness (QED) is 0.827. The number of hydrogen-bond acceptors (Lipinski definition) is 2. The first-order valence-electron chi connectivity index (χ1n) is 4.24. The summed E-state index contributed by atoms with van der Waals surface area (Å²) in [5.41, 5.74) is 5.93. The van der Waals surface area contributed by atoms with Crippen LogP contribution >= 0.6 is 11.6 Å². The van der Waals surface area contributed by atoms with E-state index in [0.717, 1.165) is 0 Å². The van der Waals surface area contributed by atoms with Gasteiger partial charge in [0.25, 0.3) is 0 Å². The maximum atomic E-state index is 13.3. The lowest BCUT2D eigenvalue weighted by molar-refractivity contribution is 0.628. The number of rotatable bonds is 2. The molecule has 0 amide bonds. The van der Waals surface area contributed by atoms with E-state index in [1.165, 1.54) is 10.7 Å². The van der Waals surface area contributed by atoms with Gasteiger partial charge in [-0.1, -0.05) is 17.7 Å². The Morgan fingerprint density at radius 1 is 1.50 bits per heavy atom. The van der Waals surface area contributed by atoms with E-state index in [9.17, 15) is 4.39 Å². The molecule has 0 saturated carbocycles. The molecule has 3 nitrogen and oxygen atoms in total. The van der Waals surface area contributed by atoms with Crippen LogP contribution in [0.15, 0.2) is 18.2 Å². The zero-order chi connectivity index (χ0) is 10.1. The summed E-state index contributed by atoms with van der Waals surface area (Å²) in [5, 5.41) is 4.80. The molecule has 2 aromatic rings. The number of nitrogens with two attached hydrogens (primary N) is 1. The van der Waals surface area contributed by atoms with Crippen LogP contribution in [0.2, 0.25) is 5.15 Å². The fourth-order valence-corrected chi connectivity index (χ4v) is 1.68. The standard InChI is InChI=1S/C9H9ClFN3/c10-9-8-6(11)2-1-3-7(8)13-14(9)5-4-12/h1-3H,4-5,12H2. The van der Waals surface area contributed by atoms with E-state index in [0.29, 0.717) is 29.1 Å². The van der Waals surface area contributed by atoms with Gasteiger partial charge in [0, 0.05) is 6.54 Å². The zero-order valence-corrected chi connectivity index (χ0v) is 8.13. The number of halogens is 2. The second-order valence-corrected chi connectivity index (χ2v) is 3.29. The Morgan fingerprint density at radius 3 is 2.93 bits per heavy atom. The summed E-state index contributed by atoms with van der Waals surface area (Å²) >= 11 is 5.95. The highest BCUT2D eigenvalue weighted by molar-refractivity contribution is 6.34. The van der Waals surface area contributed by atoms with E-state index in [1.807, 2.05) is 0 Å². The Labute approximate surface area is 85.3 Å². The molecule has 5 heteroatoms. The van der Waals surface area contributed by atoms with E-state index in [-0.39, 0.29) is 5.82 Å². The van der Waals surface area contributed by atoms with Gasteiger partial charge in [0.2, 0.25) is 0 Å². The van der Waals surface area contributed by atoms with Crippen molar-refractivity contribution in [2.45, 2.75) is 6.54 Å². The van der Waals surface area contributed by atoms with Crippen LogP contribution in [0.3, 0.4) is 0 Å². The molecule has 2 N–H and O–H groups in total. The highest BCUT2D eigenvalue weighted by atomic mass is 35.5. The first-order chi connectivity index (χ1) is 6.74. The van der Waals surface area contributed by atoms with Crippen molar-refractivity contribution >= 4 is 22.5 Å². The molecule has 0 atom stereocenters.